The highest BCUT2D eigenvalue weighted by Crippen LogP contribution is 2.40. The molecular weight excluding hydrogens is 305 g/mol. The largest absolute Gasteiger partial charge is 0.391 e. The standard InChI is InChI=1S/C17H25Cl2NO/c1-3-20(4-2)17(10-5-6-11-17)15(21)12-13-8-7-9-14(18)16(13)19/h7-9,15,21H,3-6,10-12H2,1-2H3. The van der Waals surface area contributed by atoms with Crippen LogP contribution < -0.4 is 0 Å². The Hall–Kier alpha value is -0.280. The van der Waals surface area contributed by atoms with Crippen LogP contribution in [0.2, 0.25) is 10.0 Å². The minimum atomic E-state index is -0.407. The highest BCUT2D eigenvalue weighted by atomic mass is 35.5. The molecule has 1 aromatic carbocycles. The van der Waals surface area contributed by atoms with E-state index in [-0.39, 0.29) is 5.54 Å². The number of rotatable bonds is 6. The Labute approximate surface area is 138 Å². The molecule has 1 aromatic rings. The number of aliphatic hydroxyl groups excluding tert-OH is 1. The molecule has 1 N–H and O–H groups in total. The third-order valence-electron chi connectivity index (χ3n) is 4.93. The molecule has 0 aliphatic heterocycles. The van der Waals surface area contributed by atoms with Crippen molar-refractivity contribution in [3.63, 3.8) is 0 Å². The fourth-order valence-electron chi connectivity index (χ4n) is 3.81. The van der Waals surface area contributed by atoms with E-state index in [0.29, 0.717) is 16.5 Å². The average molecular weight is 330 g/mol. The van der Waals surface area contributed by atoms with Gasteiger partial charge in [0.25, 0.3) is 0 Å². The number of likely N-dealkylation sites (N-methyl/N-ethyl adjacent to an activating group) is 1. The zero-order chi connectivity index (χ0) is 15.5. The van der Waals surface area contributed by atoms with E-state index >= 15 is 0 Å². The summed E-state index contributed by atoms with van der Waals surface area (Å²) in [6, 6.07) is 5.65. The summed E-state index contributed by atoms with van der Waals surface area (Å²) < 4.78 is 0. The lowest BCUT2D eigenvalue weighted by Gasteiger charge is -2.44. The SMILES string of the molecule is CCN(CC)C1(C(O)Cc2cccc(Cl)c2Cl)CCCC1. The maximum atomic E-state index is 11.0. The second-order valence-corrected chi connectivity index (χ2v) is 6.70. The smallest absolute Gasteiger partial charge is 0.0764 e. The number of halogens is 2. The molecule has 118 valence electrons. The van der Waals surface area contributed by atoms with Crippen LogP contribution in [0, 0.1) is 0 Å². The summed E-state index contributed by atoms with van der Waals surface area (Å²) in [7, 11) is 0. The van der Waals surface area contributed by atoms with Gasteiger partial charge in [-0.15, -0.1) is 0 Å². The van der Waals surface area contributed by atoms with Gasteiger partial charge in [0.1, 0.15) is 0 Å². The van der Waals surface area contributed by atoms with Crippen molar-refractivity contribution in [1.82, 2.24) is 4.90 Å². The Balaban J connectivity index is 2.23. The average Bonchev–Trinajstić information content (AvgIpc) is 2.96. The van der Waals surface area contributed by atoms with Crippen LogP contribution in [0.5, 0.6) is 0 Å². The predicted octanol–water partition coefficient (Wildman–Crippen LogP) is 4.55. The second kappa shape index (κ2) is 7.32. The van der Waals surface area contributed by atoms with Crippen LogP contribution in [0.15, 0.2) is 18.2 Å². The maximum Gasteiger partial charge on any atom is 0.0764 e. The lowest BCUT2D eigenvalue weighted by molar-refractivity contribution is -0.0244. The minimum absolute atomic E-state index is 0.102. The molecule has 0 aromatic heterocycles. The summed E-state index contributed by atoms with van der Waals surface area (Å²) in [6.45, 7) is 6.28. The van der Waals surface area contributed by atoms with E-state index < -0.39 is 6.10 Å². The summed E-state index contributed by atoms with van der Waals surface area (Å²) >= 11 is 12.4. The van der Waals surface area contributed by atoms with E-state index in [9.17, 15) is 5.11 Å². The Kier molecular flexibility index (Phi) is 5.96. The van der Waals surface area contributed by atoms with Crippen molar-refractivity contribution in [2.75, 3.05) is 13.1 Å². The van der Waals surface area contributed by atoms with Gasteiger partial charge in [0, 0.05) is 12.0 Å². The van der Waals surface area contributed by atoms with Gasteiger partial charge in [0.05, 0.1) is 16.1 Å². The quantitative estimate of drug-likeness (QED) is 0.827. The molecule has 0 radical (unpaired) electrons. The summed E-state index contributed by atoms with van der Waals surface area (Å²) in [5.41, 5.74) is 0.838. The highest BCUT2D eigenvalue weighted by molar-refractivity contribution is 6.42. The third kappa shape index (κ3) is 3.39. The molecule has 0 saturated heterocycles. The fraction of sp³-hybridized carbons (Fsp3) is 0.647. The Bertz CT molecular complexity index is 468. The van der Waals surface area contributed by atoms with Crippen LogP contribution in [-0.2, 0) is 6.42 Å². The third-order valence-corrected chi connectivity index (χ3v) is 5.79. The van der Waals surface area contributed by atoms with E-state index in [2.05, 4.69) is 18.7 Å². The summed E-state index contributed by atoms with van der Waals surface area (Å²) in [5.74, 6) is 0. The summed E-state index contributed by atoms with van der Waals surface area (Å²) in [6.07, 6.45) is 4.67. The molecule has 1 fully saturated rings. The second-order valence-electron chi connectivity index (χ2n) is 5.92. The Morgan fingerprint density at radius 3 is 2.38 bits per heavy atom. The lowest BCUT2D eigenvalue weighted by Crippen LogP contribution is -2.55. The number of benzene rings is 1. The normalized spacial score (nSPS) is 19.1. The zero-order valence-electron chi connectivity index (χ0n) is 12.9. The van der Waals surface area contributed by atoms with Gasteiger partial charge in [-0.05, 0) is 37.6 Å². The molecule has 4 heteroatoms. The predicted molar refractivity (Wildman–Crippen MR) is 90.3 cm³/mol. The molecule has 2 nitrogen and oxygen atoms in total. The molecule has 0 bridgehead atoms. The van der Waals surface area contributed by atoms with Crippen molar-refractivity contribution < 1.29 is 5.11 Å². The van der Waals surface area contributed by atoms with Gasteiger partial charge in [0.2, 0.25) is 0 Å². The van der Waals surface area contributed by atoms with E-state index in [0.717, 1.165) is 31.5 Å². The monoisotopic (exact) mass is 329 g/mol. The number of aliphatic hydroxyl groups is 1. The van der Waals surface area contributed by atoms with E-state index in [4.69, 9.17) is 23.2 Å². The highest BCUT2D eigenvalue weighted by Gasteiger charge is 2.44. The molecule has 0 amide bonds. The molecule has 1 saturated carbocycles. The van der Waals surface area contributed by atoms with Crippen molar-refractivity contribution in [3.8, 4) is 0 Å². The zero-order valence-corrected chi connectivity index (χ0v) is 14.4. The molecule has 1 atom stereocenters. The molecule has 1 unspecified atom stereocenters. The Morgan fingerprint density at radius 1 is 1.19 bits per heavy atom. The minimum Gasteiger partial charge on any atom is -0.391 e. The first-order valence-corrected chi connectivity index (χ1v) is 8.66. The first-order valence-electron chi connectivity index (χ1n) is 7.91. The topological polar surface area (TPSA) is 23.5 Å². The van der Waals surface area contributed by atoms with Gasteiger partial charge in [0.15, 0.2) is 0 Å². The maximum absolute atomic E-state index is 11.0. The number of nitrogens with zero attached hydrogens (tertiary/aromatic N) is 1. The summed E-state index contributed by atoms with van der Waals surface area (Å²) in [4.78, 5) is 2.42. The van der Waals surface area contributed by atoms with Gasteiger partial charge >= 0.3 is 0 Å². The molecule has 21 heavy (non-hydrogen) atoms. The molecule has 2 rings (SSSR count). The molecule has 1 aliphatic carbocycles. The Morgan fingerprint density at radius 2 is 1.81 bits per heavy atom. The van der Waals surface area contributed by atoms with Gasteiger partial charge in [-0.1, -0.05) is 62.0 Å². The van der Waals surface area contributed by atoms with E-state index in [1.165, 1.54) is 12.8 Å². The van der Waals surface area contributed by atoms with Crippen LogP contribution >= 0.6 is 23.2 Å². The fourth-order valence-corrected chi connectivity index (χ4v) is 4.20. The first-order chi connectivity index (χ1) is 10.0. The molecule has 0 heterocycles. The van der Waals surface area contributed by atoms with Crippen LogP contribution in [0.1, 0.15) is 45.1 Å². The van der Waals surface area contributed by atoms with Crippen molar-refractivity contribution in [2.45, 2.75) is 57.6 Å². The summed E-state index contributed by atoms with van der Waals surface area (Å²) in [5, 5.41) is 12.1. The van der Waals surface area contributed by atoms with Crippen molar-refractivity contribution in [1.29, 1.82) is 0 Å². The van der Waals surface area contributed by atoms with Crippen LogP contribution in [-0.4, -0.2) is 34.7 Å². The lowest BCUT2D eigenvalue weighted by atomic mass is 9.84. The van der Waals surface area contributed by atoms with Crippen molar-refractivity contribution in [3.05, 3.63) is 33.8 Å². The number of hydrogen-bond donors (Lipinski definition) is 1. The van der Waals surface area contributed by atoms with Crippen LogP contribution in [0.25, 0.3) is 0 Å². The number of hydrogen-bond acceptors (Lipinski definition) is 2. The van der Waals surface area contributed by atoms with E-state index in [1.54, 1.807) is 6.07 Å². The first kappa shape index (κ1) is 17.1. The van der Waals surface area contributed by atoms with Crippen molar-refractivity contribution in [2.24, 2.45) is 0 Å². The van der Waals surface area contributed by atoms with Gasteiger partial charge in [-0.3, -0.25) is 4.90 Å². The van der Waals surface area contributed by atoms with Gasteiger partial charge in [-0.25, -0.2) is 0 Å². The molecule has 0 spiro atoms. The van der Waals surface area contributed by atoms with Crippen LogP contribution in [0.4, 0.5) is 0 Å². The van der Waals surface area contributed by atoms with Crippen LogP contribution in [0.3, 0.4) is 0 Å². The van der Waals surface area contributed by atoms with E-state index in [1.807, 2.05) is 12.1 Å². The van der Waals surface area contributed by atoms with Gasteiger partial charge in [-0.2, -0.15) is 0 Å². The van der Waals surface area contributed by atoms with Gasteiger partial charge < -0.3 is 5.11 Å². The molecular formula is C17H25Cl2NO. The van der Waals surface area contributed by atoms with Crippen molar-refractivity contribution >= 4 is 23.2 Å². The molecule has 1 aliphatic rings.